The van der Waals surface area contributed by atoms with E-state index in [0.29, 0.717) is 17.1 Å². The van der Waals surface area contributed by atoms with Crippen LogP contribution in [0.1, 0.15) is 29.8 Å². The van der Waals surface area contributed by atoms with Gasteiger partial charge in [-0.05, 0) is 68.8 Å². The van der Waals surface area contributed by atoms with E-state index in [-0.39, 0.29) is 12.7 Å². The van der Waals surface area contributed by atoms with Crippen LogP contribution in [0, 0.1) is 6.92 Å². The van der Waals surface area contributed by atoms with Gasteiger partial charge in [0.15, 0.2) is 6.61 Å². The molecule has 0 saturated carbocycles. The van der Waals surface area contributed by atoms with Crippen molar-refractivity contribution in [3.8, 4) is 11.5 Å². The molecule has 2 rings (SSSR count). The van der Waals surface area contributed by atoms with Crippen molar-refractivity contribution >= 4 is 27.9 Å². The molecule has 0 aliphatic carbocycles. The van der Waals surface area contributed by atoms with E-state index in [1.54, 1.807) is 44.2 Å². The molecule has 0 bridgehead atoms. The van der Waals surface area contributed by atoms with Gasteiger partial charge in [-0.2, -0.15) is 0 Å². The lowest BCUT2D eigenvalue weighted by Gasteiger charge is -2.10. The molecular formula is C19H19BrO5. The molecule has 0 N–H and O–H groups in total. The molecule has 0 spiro atoms. The first-order chi connectivity index (χ1) is 11.8. The lowest BCUT2D eigenvalue weighted by atomic mass is 10.2. The monoisotopic (exact) mass is 406 g/mol. The predicted octanol–water partition coefficient (Wildman–Crippen LogP) is 4.31. The molecular weight excluding hydrogens is 388 g/mol. The van der Waals surface area contributed by atoms with E-state index < -0.39 is 11.9 Å². The second-order valence-corrected chi connectivity index (χ2v) is 6.57. The zero-order valence-corrected chi connectivity index (χ0v) is 15.8. The van der Waals surface area contributed by atoms with Crippen molar-refractivity contribution in [1.82, 2.24) is 0 Å². The van der Waals surface area contributed by atoms with Crippen LogP contribution in [0.25, 0.3) is 0 Å². The van der Waals surface area contributed by atoms with Crippen molar-refractivity contribution in [2.24, 2.45) is 0 Å². The van der Waals surface area contributed by atoms with Crippen LogP contribution in [-0.4, -0.2) is 24.6 Å². The number of ether oxygens (including phenoxy) is 3. The van der Waals surface area contributed by atoms with Crippen molar-refractivity contribution in [2.45, 2.75) is 26.9 Å². The first-order valence-electron chi connectivity index (χ1n) is 7.76. The number of hydrogen-bond acceptors (Lipinski definition) is 5. The highest BCUT2D eigenvalue weighted by Crippen LogP contribution is 2.22. The lowest BCUT2D eigenvalue weighted by molar-refractivity contribution is -0.136. The van der Waals surface area contributed by atoms with E-state index in [1.165, 1.54) is 0 Å². The van der Waals surface area contributed by atoms with Gasteiger partial charge in [0.05, 0.1) is 11.7 Å². The number of carbonyl (C=O) groups excluding carboxylic acids is 2. The van der Waals surface area contributed by atoms with Crippen LogP contribution in [0.3, 0.4) is 0 Å². The number of carbonyl (C=O) groups is 2. The molecule has 132 valence electrons. The van der Waals surface area contributed by atoms with E-state index in [4.69, 9.17) is 14.2 Å². The number of rotatable bonds is 6. The highest BCUT2D eigenvalue weighted by atomic mass is 79.9. The van der Waals surface area contributed by atoms with E-state index >= 15 is 0 Å². The van der Waals surface area contributed by atoms with Crippen LogP contribution < -0.4 is 9.47 Å². The van der Waals surface area contributed by atoms with Crippen LogP contribution in [-0.2, 0) is 9.53 Å². The number of aryl methyl sites for hydroxylation is 1. The highest BCUT2D eigenvalue weighted by Gasteiger charge is 2.11. The standard InChI is InChI=1S/C19H19BrO5/c1-12(2)24-19(22)14-4-7-16(8-5-14)25-18(21)11-23-17-9-6-15(20)10-13(17)3/h4-10,12H,11H2,1-3H3. The Hall–Kier alpha value is -2.34. The fourth-order valence-corrected chi connectivity index (χ4v) is 2.49. The van der Waals surface area contributed by atoms with Gasteiger partial charge >= 0.3 is 11.9 Å². The maximum atomic E-state index is 11.9. The molecule has 25 heavy (non-hydrogen) atoms. The molecule has 0 radical (unpaired) electrons. The van der Waals surface area contributed by atoms with E-state index in [1.807, 2.05) is 19.1 Å². The maximum absolute atomic E-state index is 11.9. The summed E-state index contributed by atoms with van der Waals surface area (Å²) in [7, 11) is 0. The third-order valence-corrected chi connectivity index (χ3v) is 3.64. The number of hydrogen-bond donors (Lipinski definition) is 0. The van der Waals surface area contributed by atoms with Gasteiger partial charge in [0.2, 0.25) is 0 Å². The van der Waals surface area contributed by atoms with E-state index in [9.17, 15) is 9.59 Å². The van der Waals surface area contributed by atoms with Gasteiger partial charge in [0.1, 0.15) is 11.5 Å². The third kappa shape index (κ3) is 5.90. The van der Waals surface area contributed by atoms with Crippen molar-refractivity contribution < 1.29 is 23.8 Å². The second-order valence-electron chi connectivity index (χ2n) is 5.65. The normalized spacial score (nSPS) is 10.4. The number of benzene rings is 2. The summed E-state index contributed by atoms with van der Waals surface area (Å²) in [5, 5.41) is 0. The van der Waals surface area contributed by atoms with Crippen molar-refractivity contribution in [2.75, 3.05) is 6.61 Å². The Bertz CT molecular complexity index is 753. The summed E-state index contributed by atoms with van der Waals surface area (Å²) in [5.74, 6) is 0.0101. The molecule has 6 heteroatoms. The Morgan fingerprint density at radius 3 is 2.36 bits per heavy atom. The molecule has 0 fully saturated rings. The summed E-state index contributed by atoms with van der Waals surface area (Å²) in [4.78, 5) is 23.6. The smallest absolute Gasteiger partial charge is 0.349 e. The fraction of sp³-hybridized carbons (Fsp3) is 0.263. The topological polar surface area (TPSA) is 61.8 Å². The van der Waals surface area contributed by atoms with Crippen LogP contribution in [0.2, 0.25) is 0 Å². The van der Waals surface area contributed by atoms with Crippen LogP contribution in [0.4, 0.5) is 0 Å². The Morgan fingerprint density at radius 2 is 1.76 bits per heavy atom. The molecule has 0 atom stereocenters. The minimum atomic E-state index is -0.528. The maximum Gasteiger partial charge on any atom is 0.349 e. The van der Waals surface area contributed by atoms with Crippen LogP contribution >= 0.6 is 15.9 Å². The zero-order valence-electron chi connectivity index (χ0n) is 14.2. The summed E-state index contributed by atoms with van der Waals surface area (Å²) < 4.78 is 16.7. The summed E-state index contributed by atoms with van der Waals surface area (Å²) in [6.45, 7) is 5.24. The van der Waals surface area contributed by atoms with E-state index in [0.717, 1.165) is 10.0 Å². The number of esters is 2. The van der Waals surface area contributed by atoms with Gasteiger partial charge < -0.3 is 14.2 Å². The van der Waals surface area contributed by atoms with Gasteiger partial charge in [0.25, 0.3) is 0 Å². The Morgan fingerprint density at radius 1 is 1.08 bits per heavy atom. The molecule has 0 amide bonds. The molecule has 2 aromatic carbocycles. The lowest BCUT2D eigenvalue weighted by Crippen LogP contribution is -2.18. The van der Waals surface area contributed by atoms with Crippen LogP contribution in [0.5, 0.6) is 11.5 Å². The van der Waals surface area contributed by atoms with Gasteiger partial charge in [-0.25, -0.2) is 9.59 Å². The van der Waals surface area contributed by atoms with Crippen molar-refractivity contribution in [3.63, 3.8) is 0 Å². The quantitative estimate of drug-likeness (QED) is 0.528. The van der Waals surface area contributed by atoms with E-state index in [2.05, 4.69) is 15.9 Å². The van der Waals surface area contributed by atoms with Gasteiger partial charge in [-0.1, -0.05) is 15.9 Å². The molecule has 0 heterocycles. The van der Waals surface area contributed by atoms with Gasteiger partial charge in [-0.3, -0.25) is 0 Å². The summed E-state index contributed by atoms with van der Waals surface area (Å²) in [6, 6.07) is 11.7. The molecule has 0 aromatic heterocycles. The summed E-state index contributed by atoms with van der Waals surface area (Å²) in [6.07, 6.45) is -0.191. The Kier molecular flexibility index (Phi) is 6.58. The molecule has 2 aromatic rings. The highest BCUT2D eigenvalue weighted by molar-refractivity contribution is 9.10. The van der Waals surface area contributed by atoms with Crippen LogP contribution in [0.15, 0.2) is 46.9 Å². The Balaban J connectivity index is 1.89. The fourth-order valence-electron chi connectivity index (χ4n) is 2.01. The largest absolute Gasteiger partial charge is 0.482 e. The first-order valence-corrected chi connectivity index (χ1v) is 8.55. The first kappa shape index (κ1) is 19.0. The predicted molar refractivity (Wildman–Crippen MR) is 97.0 cm³/mol. The average Bonchev–Trinajstić information content (AvgIpc) is 2.54. The minimum absolute atomic E-state index is 0.191. The molecule has 5 nitrogen and oxygen atoms in total. The molecule has 0 unspecified atom stereocenters. The molecule has 0 aliphatic heterocycles. The Labute approximate surface area is 155 Å². The summed E-state index contributed by atoms with van der Waals surface area (Å²) in [5.41, 5.74) is 1.31. The third-order valence-electron chi connectivity index (χ3n) is 3.15. The SMILES string of the molecule is Cc1cc(Br)ccc1OCC(=O)Oc1ccc(C(=O)OC(C)C)cc1. The van der Waals surface area contributed by atoms with Crippen molar-refractivity contribution in [1.29, 1.82) is 0 Å². The zero-order chi connectivity index (χ0) is 18.4. The van der Waals surface area contributed by atoms with Crippen molar-refractivity contribution in [3.05, 3.63) is 58.1 Å². The molecule has 0 saturated heterocycles. The molecule has 0 aliphatic rings. The minimum Gasteiger partial charge on any atom is -0.482 e. The second kappa shape index (κ2) is 8.67. The van der Waals surface area contributed by atoms with Gasteiger partial charge in [-0.15, -0.1) is 0 Å². The van der Waals surface area contributed by atoms with Gasteiger partial charge in [0, 0.05) is 4.47 Å². The summed E-state index contributed by atoms with van der Waals surface area (Å²) >= 11 is 3.37. The average molecular weight is 407 g/mol. The number of halogens is 1.